The molecule has 2 aromatic rings. The summed E-state index contributed by atoms with van der Waals surface area (Å²) in [5.41, 5.74) is -0.207. The number of aromatic nitrogens is 2. The van der Waals surface area contributed by atoms with Crippen molar-refractivity contribution in [3.63, 3.8) is 0 Å². The smallest absolute Gasteiger partial charge is 0.276 e. The molecule has 0 saturated carbocycles. The second-order valence-corrected chi connectivity index (χ2v) is 5.06. The van der Waals surface area contributed by atoms with Crippen molar-refractivity contribution in [2.75, 3.05) is 5.32 Å². The highest BCUT2D eigenvalue weighted by Crippen LogP contribution is 2.20. The Morgan fingerprint density at radius 2 is 2.05 bits per heavy atom. The summed E-state index contributed by atoms with van der Waals surface area (Å²) >= 11 is 5.89. The molecule has 0 unspecified atom stereocenters. The first-order valence-corrected chi connectivity index (χ1v) is 6.55. The second-order valence-electron chi connectivity index (χ2n) is 4.66. The fourth-order valence-electron chi connectivity index (χ4n) is 1.59. The molecule has 0 radical (unpaired) electrons. The van der Waals surface area contributed by atoms with E-state index in [2.05, 4.69) is 15.3 Å². The van der Waals surface area contributed by atoms with E-state index < -0.39 is 17.5 Å². The summed E-state index contributed by atoms with van der Waals surface area (Å²) in [6.45, 7) is 3.73. The van der Waals surface area contributed by atoms with Gasteiger partial charge in [0.2, 0.25) is 0 Å². The van der Waals surface area contributed by atoms with Crippen LogP contribution in [0.15, 0.2) is 24.4 Å². The van der Waals surface area contributed by atoms with E-state index in [4.69, 9.17) is 11.6 Å². The molecule has 1 N–H and O–H groups in total. The maximum atomic E-state index is 13.5. The van der Waals surface area contributed by atoms with Gasteiger partial charge in [-0.3, -0.25) is 4.79 Å². The normalized spacial score (nSPS) is 10.8. The van der Waals surface area contributed by atoms with Gasteiger partial charge in [-0.2, -0.15) is 0 Å². The molecule has 1 amide bonds. The third-order valence-corrected chi connectivity index (χ3v) is 2.95. The van der Waals surface area contributed by atoms with Crippen LogP contribution in [0.25, 0.3) is 0 Å². The summed E-state index contributed by atoms with van der Waals surface area (Å²) in [4.78, 5) is 20.2. The number of hydrogen-bond acceptors (Lipinski definition) is 3. The minimum absolute atomic E-state index is 0.0105. The number of carbonyl (C=O) groups is 1. The average Bonchev–Trinajstić information content (AvgIpc) is 2.42. The second kappa shape index (κ2) is 6.13. The van der Waals surface area contributed by atoms with E-state index >= 15 is 0 Å². The van der Waals surface area contributed by atoms with E-state index in [0.29, 0.717) is 11.9 Å². The summed E-state index contributed by atoms with van der Waals surface area (Å²) in [6.07, 6.45) is 1.32. The highest BCUT2D eigenvalue weighted by Gasteiger charge is 2.17. The number of halogens is 3. The number of carbonyl (C=O) groups excluding carboxylic acids is 1. The standard InChI is InChI=1S/C14H12ClF2N3O/c1-7(2)13-18-6-9(15)12(20-13)14(21)19-11-4-3-8(16)5-10(11)17/h3-7H,1-2H3,(H,19,21). The Morgan fingerprint density at radius 1 is 1.33 bits per heavy atom. The van der Waals surface area contributed by atoms with Crippen LogP contribution < -0.4 is 5.32 Å². The Kier molecular flexibility index (Phi) is 4.47. The fraction of sp³-hybridized carbons (Fsp3) is 0.214. The molecule has 110 valence electrons. The van der Waals surface area contributed by atoms with E-state index in [1.54, 1.807) is 0 Å². The maximum absolute atomic E-state index is 13.5. The summed E-state index contributed by atoms with van der Waals surface area (Å²) in [5, 5.41) is 2.36. The minimum atomic E-state index is -0.877. The first-order chi connectivity index (χ1) is 9.88. The molecule has 0 fully saturated rings. The molecule has 7 heteroatoms. The Labute approximate surface area is 125 Å². The number of nitrogens with zero attached hydrogens (tertiary/aromatic N) is 2. The van der Waals surface area contributed by atoms with Gasteiger partial charge in [0.15, 0.2) is 5.69 Å². The van der Waals surface area contributed by atoms with Gasteiger partial charge in [0.25, 0.3) is 5.91 Å². The molecule has 0 saturated heterocycles. The predicted molar refractivity (Wildman–Crippen MR) is 75.4 cm³/mol. The molecule has 1 aromatic heterocycles. The molecule has 1 heterocycles. The molecule has 2 rings (SSSR count). The van der Waals surface area contributed by atoms with Gasteiger partial charge in [0, 0.05) is 12.0 Å². The molecule has 0 bridgehead atoms. The maximum Gasteiger partial charge on any atom is 0.276 e. The molecule has 21 heavy (non-hydrogen) atoms. The van der Waals surface area contributed by atoms with Gasteiger partial charge in [-0.1, -0.05) is 25.4 Å². The third-order valence-electron chi connectivity index (χ3n) is 2.67. The van der Waals surface area contributed by atoms with Gasteiger partial charge >= 0.3 is 0 Å². The van der Waals surface area contributed by atoms with Gasteiger partial charge in [-0.15, -0.1) is 0 Å². The largest absolute Gasteiger partial charge is 0.318 e. The molecule has 0 aliphatic heterocycles. The van der Waals surface area contributed by atoms with Crippen molar-refractivity contribution in [2.45, 2.75) is 19.8 Å². The van der Waals surface area contributed by atoms with Gasteiger partial charge in [0.05, 0.1) is 16.9 Å². The fourth-order valence-corrected chi connectivity index (χ4v) is 1.77. The molecule has 0 aliphatic carbocycles. The molecule has 4 nitrogen and oxygen atoms in total. The van der Waals surface area contributed by atoms with Crippen LogP contribution in [-0.4, -0.2) is 15.9 Å². The first kappa shape index (κ1) is 15.3. The van der Waals surface area contributed by atoms with E-state index in [1.165, 1.54) is 6.20 Å². The van der Waals surface area contributed by atoms with Crippen molar-refractivity contribution < 1.29 is 13.6 Å². The SMILES string of the molecule is CC(C)c1ncc(Cl)c(C(=O)Nc2ccc(F)cc2F)n1. The number of rotatable bonds is 3. The van der Waals surface area contributed by atoms with Crippen LogP contribution in [0, 0.1) is 11.6 Å². The van der Waals surface area contributed by atoms with E-state index in [1.807, 2.05) is 13.8 Å². The van der Waals surface area contributed by atoms with Gasteiger partial charge < -0.3 is 5.32 Å². The average molecular weight is 312 g/mol. The number of hydrogen-bond donors (Lipinski definition) is 1. The summed E-state index contributed by atoms with van der Waals surface area (Å²) in [6, 6.07) is 2.84. The zero-order valence-electron chi connectivity index (χ0n) is 11.3. The first-order valence-electron chi connectivity index (χ1n) is 6.17. The van der Waals surface area contributed by atoms with Crippen molar-refractivity contribution in [3.05, 3.63) is 52.6 Å². The number of nitrogens with one attached hydrogen (secondary N) is 1. The quantitative estimate of drug-likeness (QED) is 0.938. The topological polar surface area (TPSA) is 54.9 Å². The van der Waals surface area contributed by atoms with Crippen molar-refractivity contribution >= 4 is 23.2 Å². The van der Waals surface area contributed by atoms with Crippen LogP contribution >= 0.6 is 11.6 Å². The Bertz CT molecular complexity index is 692. The minimum Gasteiger partial charge on any atom is -0.318 e. The number of amides is 1. The van der Waals surface area contributed by atoms with Crippen LogP contribution in [0.1, 0.15) is 36.1 Å². The number of benzene rings is 1. The summed E-state index contributed by atoms with van der Waals surface area (Å²) in [5.74, 6) is -1.83. The molecule has 0 atom stereocenters. The van der Waals surface area contributed by atoms with Crippen molar-refractivity contribution in [3.8, 4) is 0 Å². The van der Waals surface area contributed by atoms with Gasteiger partial charge in [-0.05, 0) is 12.1 Å². The highest BCUT2D eigenvalue weighted by atomic mass is 35.5. The lowest BCUT2D eigenvalue weighted by atomic mass is 10.2. The lowest BCUT2D eigenvalue weighted by molar-refractivity contribution is 0.102. The molecule has 0 spiro atoms. The van der Waals surface area contributed by atoms with Crippen LogP contribution in [0.2, 0.25) is 5.02 Å². The number of anilines is 1. The molecule has 0 aliphatic rings. The van der Waals surface area contributed by atoms with Crippen LogP contribution in [-0.2, 0) is 0 Å². The molecular formula is C14H12ClF2N3O. The third kappa shape index (κ3) is 3.52. The van der Waals surface area contributed by atoms with Gasteiger partial charge in [0.1, 0.15) is 17.5 Å². The van der Waals surface area contributed by atoms with E-state index in [-0.39, 0.29) is 22.3 Å². The van der Waals surface area contributed by atoms with Crippen LogP contribution in [0.4, 0.5) is 14.5 Å². The van der Waals surface area contributed by atoms with Crippen molar-refractivity contribution in [1.82, 2.24) is 9.97 Å². The highest BCUT2D eigenvalue weighted by molar-refractivity contribution is 6.33. The van der Waals surface area contributed by atoms with E-state index in [9.17, 15) is 13.6 Å². The summed E-state index contributed by atoms with van der Waals surface area (Å²) < 4.78 is 26.3. The zero-order chi connectivity index (χ0) is 15.6. The Balaban J connectivity index is 2.30. The Hall–Kier alpha value is -2.08. The lowest BCUT2D eigenvalue weighted by Gasteiger charge is -2.09. The monoisotopic (exact) mass is 311 g/mol. The summed E-state index contributed by atoms with van der Waals surface area (Å²) in [7, 11) is 0. The molecule has 1 aromatic carbocycles. The van der Waals surface area contributed by atoms with Gasteiger partial charge in [-0.25, -0.2) is 18.7 Å². The van der Waals surface area contributed by atoms with Crippen molar-refractivity contribution in [1.29, 1.82) is 0 Å². The molecular weight excluding hydrogens is 300 g/mol. The predicted octanol–water partition coefficient (Wildman–Crippen LogP) is 3.78. The lowest BCUT2D eigenvalue weighted by Crippen LogP contribution is -2.17. The van der Waals surface area contributed by atoms with E-state index in [0.717, 1.165) is 12.1 Å². The van der Waals surface area contributed by atoms with Crippen LogP contribution in [0.5, 0.6) is 0 Å². The Morgan fingerprint density at radius 3 is 2.67 bits per heavy atom. The zero-order valence-corrected chi connectivity index (χ0v) is 12.1. The van der Waals surface area contributed by atoms with Crippen LogP contribution in [0.3, 0.4) is 0 Å². The van der Waals surface area contributed by atoms with Crippen molar-refractivity contribution in [2.24, 2.45) is 0 Å².